The lowest BCUT2D eigenvalue weighted by Gasteiger charge is -2.03. The number of ether oxygens (including phenoxy) is 2. The number of esters is 1. The molecule has 0 N–H and O–H groups in total. The minimum absolute atomic E-state index is 0.0156. The van der Waals surface area contributed by atoms with E-state index in [4.69, 9.17) is 4.74 Å². The molecule has 84 valence electrons. The van der Waals surface area contributed by atoms with Crippen LogP contribution in [0.3, 0.4) is 0 Å². The van der Waals surface area contributed by atoms with Crippen molar-refractivity contribution >= 4 is 17.3 Å². The summed E-state index contributed by atoms with van der Waals surface area (Å²) in [6, 6.07) is 0. The minimum atomic E-state index is -0.204. The molecule has 1 heterocycles. The summed E-state index contributed by atoms with van der Waals surface area (Å²) in [6.07, 6.45) is 1.02. The molecule has 0 saturated heterocycles. The smallest absolute Gasteiger partial charge is 0.305 e. The lowest BCUT2D eigenvalue weighted by molar-refractivity contribution is -0.140. The van der Waals surface area contributed by atoms with Crippen LogP contribution in [0.1, 0.15) is 30.2 Å². The van der Waals surface area contributed by atoms with Crippen molar-refractivity contribution in [2.45, 2.75) is 25.9 Å². The molecule has 1 unspecified atom stereocenters. The summed E-state index contributed by atoms with van der Waals surface area (Å²) in [4.78, 5) is 15.3. The largest absolute Gasteiger partial charge is 0.469 e. The molecule has 0 radical (unpaired) electrons. The molecule has 0 aliphatic heterocycles. The van der Waals surface area contributed by atoms with Crippen LogP contribution in [0.15, 0.2) is 5.38 Å². The van der Waals surface area contributed by atoms with Gasteiger partial charge < -0.3 is 9.47 Å². The topological polar surface area (TPSA) is 48.4 Å². The molecule has 1 rings (SSSR count). The number of aromatic nitrogens is 1. The number of carbonyl (C=O) groups is 1. The van der Waals surface area contributed by atoms with Crippen molar-refractivity contribution < 1.29 is 14.3 Å². The first-order chi connectivity index (χ1) is 7.17. The van der Waals surface area contributed by atoms with Crippen molar-refractivity contribution in [1.29, 1.82) is 0 Å². The Kier molecular flexibility index (Phi) is 4.71. The maximum atomic E-state index is 10.9. The van der Waals surface area contributed by atoms with Crippen molar-refractivity contribution in [3.8, 4) is 0 Å². The molecule has 5 heteroatoms. The Labute approximate surface area is 93.2 Å². The molecule has 0 aromatic carbocycles. The van der Waals surface area contributed by atoms with Crippen LogP contribution in [0.5, 0.6) is 0 Å². The van der Waals surface area contributed by atoms with Gasteiger partial charge in [-0.05, 0) is 6.92 Å². The van der Waals surface area contributed by atoms with Crippen LogP contribution >= 0.6 is 11.3 Å². The van der Waals surface area contributed by atoms with E-state index in [9.17, 15) is 4.79 Å². The summed E-state index contributed by atoms with van der Waals surface area (Å²) in [5.41, 5.74) is 0.921. The van der Waals surface area contributed by atoms with Gasteiger partial charge in [0.1, 0.15) is 11.1 Å². The Morgan fingerprint density at radius 1 is 1.60 bits per heavy atom. The van der Waals surface area contributed by atoms with E-state index in [-0.39, 0.29) is 12.1 Å². The molecule has 1 atom stereocenters. The van der Waals surface area contributed by atoms with E-state index in [1.807, 2.05) is 12.3 Å². The number of nitrogens with zero attached hydrogens (tertiary/aromatic N) is 1. The van der Waals surface area contributed by atoms with Crippen LogP contribution in [0.2, 0.25) is 0 Å². The monoisotopic (exact) mass is 229 g/mol. The number of thiazole rings is 1. The maximum absolute atomic E-state index is 10.9. The number of hydrogen-bond donors (Lipinski definition) is 0. The van der Waals surface area contributed by atoms with E-state index < -0.39 is 0 Å². The van der Waals surface area contributed by atoms with Gasteiger partial charge in [0.05, 0.1) is 19.2 Å². The van der Waals surface area contributed by atoms with Crippen LogP contribution in [0.25, 0.3) is 0 Å². The zero-order valence-corrected chi connectivity index (χ0v) is 9.97. The number of hydrogen-bond acceptors (Lipinski definition) is 5. The van der Waals surface area contributed by atoms with Gasteiger partial charge in [0.2, 0.25) is 0 Å². The second-order valence-electron chi connectivity index (χ2n) is 3.13. The highest BCUT2D eigenvalue weighted by Gasteiger charge is 2.10. The first-order valence-corrected chi connectivity index (χ1v) is 5.59. The first-order valence-electron chi connectivity index (χ1n) is 4.71. The molecule has 0 aliphatic rings. The molecule has 1 aromatic heterocycles. The lowest BCUT2D eigenvalue weighted by Crippen LogP contribution is -2.02. The van der Waals surface area contributed by atoms with Gasteiger partial charge in [-0.25, -0.2) is 4.98 Å². The molecule has 0 amide bonds. The summed E-state index contributed by atoms with van der Waals surface area (Å²) in [7, 11) is 3.04. The van der Waals surface area contributed by atoms with Gasteiger partial charge in [-0.1, -0.05) is 0 Å². The fourth-order valence-corrected chi connectivity index (χ4v) is 1.94. The Balaban J connectivity index is 2.49. The second kappa shape index (κ2) is 5.82. The van der Waals surface area contributed by atoms with Gasteiger partial charge in [-0.3, -0.25) is 4.79 Å². The first kappa shape index (κ1) is 12.1. The molecule has 0 fully saturated rings. The Morgan fingerprint density at radius 3 is 2.93 bits per heavy atom. The number of methoxy groups -OCH3 is 2. The standard InChI is InChI=1S/C10H15NO3S/c1-7(13-2)10-11-8(6-15-10)4-5-9(12)14-3/h6-7H,4-5H2,1-3H3. The molecule has 4 nitrogen and oxygen atoms in total. The number of aryl methyl sites for hydroxylation is 1. The van der Waals surface area contributed by atoms with Gasteiger partial charge in [0.15, 0.2) is 0 Å². The quantitative estimate of drug-likeness (QED) is 0.724. The SMILES string of the molecule is COC(=O)CCc1csc(C(C)OC)n1. The third-order valence-electron chi connectivity index (χ3n) is 2.08. The van der Waals surface area contributed by atoms with Crippen molar-refractivity contribution in [3.63, 3.8) is 0 Å². The molecular weight excluding hydrogens is 214 g/mol. The van der Waals surface area contributed by atoms with Crippen molar-refractivity contribution in [1.82, 2.24) is 4.98 Å². The highest BCUT2D eigenvalue weighted by atomic mass is 32.1. The summed E-state index contributed by atoms with van der Waals surface area (Å²) in [5, 5.41) is 2.89. The van der Waals surface area contributed by atoms with E-state index in [0.717, 1.165) is 10.7 Å². The zero-order valence-electron chi connectivity index (χ0n) is 9.15. The van der Waals surface area contributed by atoms with Crippen LogP contribution in [-0.4, -0.2) is 25.2 Å². The van der Waals surface area contributed by atoms with Crippen LogP contribution in [0, 0.1) is 0 Å². The molecule has 0 bridgehead atoms. The van der Waals surface area contributed by atoms with Gasteiger partial charge in [-0.2, -0.15) is 0 Å². The third-order valence-corrected chi connectivity index (χ3v) is 3.14. The maximum Gasteiger partial charge on any atom is 0.305 e. The van der Waals surface area contributed by atoms with Gasteiger partial charge in [-0.15, -0.1) is 11.3 Å². The fraction of sp³-hybridized carbons (Fsp3) is 0.600. The normalized spacial score (nSPS) is 12.5. The molecule has 15 heavy (non-hydrogen) atoms. The molecule has 0 aliphatic carbocycles. The summed E-state index contributed by atoms with van der Waals surface area (Å²) >= 11 is 1.55. The van der Waals surface area contributed by atoms with Crippen molar-refractivity contribution in [2.24, 2.45) is 0 Å². The van der Waals surface area contributed by atoms with Gasteiger partial charge in [0.25, 0.3) is 0 Å². The predicted octanol–water partition coefficient (Wildman–Crippen LogP) is 1.96. The molecular formula is C10H15NO3S. The van der Waals surface area contributed by atoms with E-state index in [0.29, 0.717) is 12.8 Å². The lowest BCUT2D eigenvalue weighted by atomic mass is 10.2. The highest BCUT2D eigenvalue weighted by Crippen LogP contribution is 2.20. The van der Waals surface area contributed by atoms with Crippen LogP contribution in [-0.2, 0) is 20.7 Å². The number of rotatable bonds is 5. The van der Waals surface area contributed by atoms with Crippen molar-refractivity contribution in [3.05, 3.63) is 16.1 Å². The summed E-state index contributed by atoms with van der Waals surface area (Å²) in [5.74, 6) is -0.204. The van der Waals surface area contributed by atoms with Gasteiger partial charge in [0, 0.05) is 18.9 Å². The van der Waals surface area contributed by atoms with E-state index in [2.05, 4.69) is 9.72 Å². The number of carbonyl (C=O) groups excluding carboxylic acids is 1. The summed E-state index contributed by atoms with van der Waals surface area (Å²) < 4.78 is 9.71. The highest BCUT2D eigenvalue weighted by molar-refractivity contribution is 7.09. The molecule has 0 spiro atoms. The fourth-order valence-electron chi connectivity index (χ4n) is 1.06. The average Bonchev–Trinajstić information content (AvgIpc) is 2.73. The minimum Gasteiger partial charge on any atom is -0.469 e. The predicted molar refractivity (Wildman–Crippen MR) is 57.9 cm³/mol. The van der Waals surface area contributed by atoms with E-state index in [1.165, 1.54) is 7.11 Å². The van der Waals surface area contributed by atoms with E-state index >= 15 is 0 Å². The molecule has 1 aromatic rings. The Morgan fingerprint density at radius 2 is 2.33 bits per heavy atom. The van der Waals surface area contributed by atoms with E-state index in [1.54, 1.807) is 18.4 Å². The van der Waals surface area contributed by atoms with Crippen LogP contribution < -0.4 is 0 Å². The van der Waals surface area contributed by atoms with Crippen molar-refractivity contribution in [2.75, 3.05) is 14.2 Å². The summed E-state index contributed by atoms with van der Waals surface area (Å²) in [6.45, 7) is 1.95. The molecule has 0 saturated carbocycles. The van der Waals surface area contributed by atoms with Crippen LogP contribution in [0.4, 0.5) is 0 Å². The Hall–Kier alpha value is -0.940. The van der Waals surface area contributed by atoms with Gasteiger partial charge >= 0.3 is 5.97 Å². The Bertz CT molecular complexity index is 324. The average molecular weight is 229 g/mol. The third kappa shape index (κ3) is 3.60. The zero-order chi connectivity index (χ0) is 11.3. The second-order valence-corrected chi connectivity index (χ2v) is 4.02.